The molecule has 0 bridgehead atoms. The van der Waals surface area contributed by atoms with Gasteiger partial charge in [-0.1, -0.05) is 6.07 Å². The highest BCUT2D eigenvalue weighted by Gasteiger charge is 2.13. The van der Waals surface area contributed by atoms with Crippen LogP contribution in [-0.4, -0.2) is 30.8 Å². The van der Waals surface area contributed by atoms with Crippen LogP contribution in [-0.2, 0) is 0 Å². The molecular formula is C13H10N4O2. The molecule has 0 aromatic carbocycles. The molecule has 0 saturated carbocycles. The SMILES string of the molecule is Cc1nn(-c2ccccn2)c2ncc(C(=O)O)cc12. The standard InChI is InChI=1S/C13H10N4O2/c1-8-10-6-9(13(18)19)7-15-12(10)17(16-8)11-4-2-3-5-14-11/h2-7H,1H3,(H,18,19). The Morgan fingerprint density at radius 1 is 1.32 bits per heavy atom. The van der Waals surface area contributed by atoms with Gasteiger partial charge in [-0.15, -0.1) is 0 Å². The first-order valence-electron chi connectivity index (χ1n) is 5.67. The van der Waals surface area contributed by atoms with Gasteiger partial charge in [-0.25, -0.2) is 14.8 Å². The zero-order chi connectivity index (χ0) is 13.4. The Balaban J connectivity index is 2.26. The summed E-state index contributed by atoms with van der Waals surface area (Å²) >= 11 is 0. The maximum Gasteiger partial charge on any atom is 0.337 e. The minimum Gasteiger partial charge on any atom is -0.478 e. The Morgan fingerprint density at radius 2 is 2.16 bits per heavy atom. The van der Waals surface area contributed by atoms with Crippen molar-refractivity contribution in [2.24, 2.45) is 0 Å². The van der Waals surface area contributed by atoms with Gasteiger partial charge in [0.05, 0.1) is 11.3 Å². The van der Waals surface area contributed by atoms with Crippen molar-refractivity contribution in [2.45, 2.75) is 6.92 Å². The van der Waals surface area contributed by atoms with Crippen LogP contribution in [0.25, 0.3) is 16.9 Å². The number of aryl methyl sites for hydroxylation is 1. The molecule has 94 valence electrons. The smallest absolute Gasteiger partial charge is 0.337 e. The summed E-state index contributed by atoms with van der Waals surface area (Å²) in [5, 5.41) is 14.1. The summed E-state index contributed by atoms with van der Waals surface area (Å²) < 4.78 is 1.61. The molecule has 0 spiro atoms. The molecule has 19 heavy (non-hydrogen) atoms. The minimum atomic E-state index is -1.00. The van der Waals surface area contributed by atoms with E-state index in [1.807, 2.05) is 25.1 Å². The van der Waals surface area contributed by atoms with E-state index < -0.39 is 5.97 Å². The molecule has 1 N–H and O–H groups in total. The molecule has 6 nitrogen and oxygen atoms in total. The molecule has 3 aromatic heterocycles. The van der Waals surface area contributed by atoms with Gasteiger partial charge in [0, 0.05) is 17.8 Å². The molecule has 0 aliphatic carbocycles. The number of aromatic nitrogens is 4. The zero-order valence-electron chi connectivity index (χ0n) is 10.1. The van der Waals surface area contributed by atoms with Crippen molar-refractivity contribution in [1.29, 1.82) is 0 Å². The summed E-state index contributed by atoms with van der Waals surface area (Å²) in [5.41, 5.74) is 1.47. The molecule has 3 rings (SSSR count). The summed E-state index contributed by atoms with van der Waals surface area (Å²) in [7, 11) is 0. The highest BCUT2D eigenvalue weighted by atomic mass is 16.4. The van der Waals surface area contributed by atoms with Gasteiger partial charge < -0.3 is 5.11 Å². The van der Waals surface area contributed by atoms with Crippen molar-refractivity contribution in [2.75, 3.05) is 0 Å². The van der Waals surface area contributed by atoms with E-state index in [2.05, 4.69) is 15.1 Å². The largest absolute Gasteiger partial charge is 0.478 e. The summed E-state index contributed by atoms with van der Waals surface area (Å²) in [6.45, 7) is 1.81. The third kappa shape index (κ3) is 1.83. The highest BCUT2D eigenvalue weighted by Crippen LogP contribution is 2.19. The highest BCUT2D eigenvalue weighted by molar-refractivity contribution is 5.92. The number of carboxylic acids is 1. The Bertz CT molecular complexity index is 765. The molecule has 0 amide bonds. The van der Waals surface area contributed by atoms with Crippen molar-refractivity contribution in [1.82, 2.24) is 19.7 Å². The summed E-state index contributed by atoms with van der Waals surface area (Å²) in [5.74, 6) is -0.351. The normalized spacial score (nSPS) is 10.8. The van der Waals surface area contributed by atoms with Crippen LogP contribution in [0.2, 0.25) is 0 Å². The quantitative estimate of drug-likeness (QED) is 0.754. The maximum absolute atomic E-state index is 11.0. The molecule has 0 unspecified atom stereocenters. The van der Waals surface area contributed by atoms with E-state index in [1.165, 1.54) is 6.20 Å². The monoisotopic (exact) mass is 254 g/mol. The number of rotatable bonds is 2. The fraction of sp³-hybridized carbons (Fsp3) is 0.0769. The number of nitrogens with zero attached hydrogens (tertiary/aromatic N) is 4. The number of fused-ring (bicyclic) bond motifs is 1. The summed E-state index contributed by atoms with van der Waals surface area (Å²) in [6.07, 6.45) is 3.00. The zero-order valence-corrected chi connectivity index (χ0v) is 10.1. The first-order valence-corrected chi connectivity index (χ1v) is 5.67. The van der Waals surface area contributed by atoms with E-state index >= 15 is 0 Å². The molecule has 0 fully saturated rings. The van der Waals surface area contributed by atoms with Crippen LogP contribution in [0.5, 0.6) is 0 Å². The molecule has 0 radical (unpaired) electrons. The Morgan fingerprint density at radius 3 is 2.84 bits per heavy atom. The predicted octanol–water partition coefficient (Wildman–Crippen LogP) is 1.82. The fourth-order valence-electron chi connectivity index (χ4n) is 1.90. The van der Waals surface area contributed by atoms with Crippen LogP contribution < -0.4 is 0 Å². The first kappa shape index (κ1) is 11.3. The lowest BCUT2D eigenvalue weighted by atomic mass is 10.2. The second kappa shape index (κ2) is 4.16. The predicted molar refractivity (Wildman–Crippen MR) is 68.4 cm³/mol. The van der Waals surface area contributed by atoms with Gasteiger partial charge >= 0.3 is 5.97 Å². The van der Waals surface area contributed by atoms with Crippen molar-refractivity contribution >= 4 is 17.0 Å². The van der Waals surface area contributed by atoms with E-state index in [-0.39, 0.29) is 5.56 Å². The van der Waals surface area contributed by atoms with E-state index in [1.54, 1.807) is 16.9 Å². The Kier molecular flexibility index (Phi) is 2.49. The lowest BCUT2D eigenvalue weighted by Gasteiger charge is -2.00. The van der Waals surface area contributed by atoms with Gasteiger partial charge in [0.1, 0.15) is 0 Å². The summed E-state index contributed by atoms with van der Waals surface area (Å²) in [4.78, 5) is 19.3. The molecule has 3 heterocycles. The second-order valence-electron chi connectivity index (χ2n) is 4.09. The first-order chi connectivity index (χ1) is 9.16. The van der Waals surface area contributed by atoms with Gasteiger partial charge in [-0.3, -0.25) is 0 Å². The average Bonchev–Trinajstić information content (AvgIpc) is 2.77. The van der Waals surface area contributed by atoms with Crippen molar-refractivity contribution < 1.29 is 9.90 Å². The van der Waals surface area contributed by atoms with Crippen LogP contribution in [0.15, 0.2) is 36.7 Å². The topological polar surface area (TPSA) is 80.9 Å². The second-order valence-corrected chi connectivity index (χ2v) is 4.09. The van der Waals surface area contributed by atoms with Crippen molar-refractivity contribution in [3.05, 3.63) is 47.9 Å². The molecule has 0 aliphatic heterocycles. The molecule has 0 atom stereocenters. The van der Waals surface area contributed by atoms with Crippen LogP contribution in [0, 0.1) is 6.92 Å². The number of carbonyl (C=O) groups is 1. The van der Waals surface area contributed by atoms with Crippen molar-refractivity contribution in [3.8, 4) is 5.82 Å². The van der Waals surface area contributed by atoms with E-state index in [0.29, 0.717) is 16.9 Å². The lowest BCUT2D eigenvalue weighted by molar-refractivity contribution is 0.0696. The molecule has 0 saturated heterocycles. The number of pyridine rings is 2. The minimum absolute atomic E-state index is 0.149. The average molecular weight is 254 g/mol. The van der Waals surface area contributed by atoms with Crippen LogP contribution in [0.1, 0.15) is 16.1 Å². The molecular weight excluding hydrogens is 244 g/mol. The number of hydrogen-bond acceptors (Lipinski definition) is 4. The molecule has 6 heteroatoms. The van der Waals surface area contributed by atoms with E-state index in [9.17, 15) is 4.79 Å². The number of aromatic carboxylic acids is 1. The lowest BCUT2D eigenvalue weighted by Crippen LogP contribution is -2.01. The number of hydrogen-bond donors (Lipinski definition) is 1. The maximum atomic E-state index is 11.0. The van der Waals surface area contributed by atoms with Crippen LogP contribution in [0.3, 0.4) is 0 Å². The van der Waals surface area contributed by atoms with Gasteiger partial charge in [-0.2, -0.15) is 9.78 Å². The van der Waals surface area contributed by atoms with Crippen LogP contribution in [0.4, 0.5) is 0 Å². The Labute approximate surface area is 108 Å². The van der Waals surface area contributed by atoms with E-state index in [0.717, 1.165) is 5.69 Å². The number of carboxylic acid groups (broad SMARTS) is 1. The Hall–Kier alpha value is -2.76. The fourth-order valence-corrected chi connectivity index (χ4v) is 1.90. The third-order valence-corrected chi connectivity index (χ3v) is 2.82. The molecule has 3 aromatic rings. The van der Waals surface area contributed by atoms with Crippen LogP contribution >= 0.6 is 0 Å². The summed E-state index contributed by atoms with van der Waals surface area (Å²) in [6, 6.07) is 7.07. The molecule has 0 aliphatic rings. The van der Waals surface area contributed by atoms with Crippen molar-refractivity contribution in [3.63, 3.8) is 0 Å². The van der Waals surface area contributed by atoms with E-state index in [4.69, 9.17) is 5.11 Å². The van der Waals surface area contributed by atoms with Gasteiger partial charge in [0.2, 0.25) is 0 Å². The van der Waals surface area contributed by atoms with Gasteiger partial charge in [0.15, 0.2) is 11.5 Å². The van der Waals surface area contributed by atoms with Gasteiger partial charge in [0.25, 0.3) is 0 Å². The van der Waals surface area contributed by atoms with Gasteiger partial charge in [-0.05, 0) is 25.1 Å². The third-order valence-electron chi connectivity index (χ3n) is 2.82.